The molecular formula is C5H9N3OS. The Bertz CT molecular complexity index is 170. The molecule has 1 amide bonds. The number of hydrogen-bond donors (Lipinski definition) is 2. The summed E-state index contributed by atoms with van der Waals surface area (Å²) >= 11 is 4.87. The molecule has 2 N–H and O–H groups in total. The molecular weight excluding hydrogens is 150 g/mol. The van der Waals surface area contributed by atoms with Gasteiger partial charge < -0.3 is 5.32 Å². The Kier molecular flexibility index (Phi) is 2.06. The van der Waals surface area contributed by atoms with Crippen LogP contribution in [0.15, 0.2) is 0 Å². The molecule has 5 heteroatoms. The van der Waals surface area contributed by atoms with Gasteiger partial charge in [0.25, 0.3) is 0 Å². The number of nitrogens with zero attached hydrogens (tertiary/aromatic N) is 1. The largest absolute Gasteiger partial charge is 0.364 e. The summed E-state index contributed by atoms with van der Waals surface area (Å²) in [5, 5.41) is 4.95. The van der Waals surface area contributed by atoms with Crippen LogP contribution in [0.4, 0.5) is 0 Å². The van der Waals surface area contributed by atoms with Crippen molar-refractivity contribution in [1.82, 2.24) is 15.8 Å². The Balaban J connectivity index is 2.44. The first-order valence-corrected chi connectivity index (χ1v) is 3.43. The number of nitrogens with one attached hydrogen (secondary N) is 2. The number of hydrazine groups is 1. The van der Waals surface area contributed by atoms with E-state index >= 15 is 0 Å². The summed E-state index contributed by atoms with van der Waals surface area (Å²) in [6.45, 7) is 0.665. The second-order valence-electron chi connectivity index (χ2n) is 1.99. The minimum atomic E-state index is 0.0256. The zero-order chi connectivity index (χ0) is 7.56. The van der Waals surface area contributed by atoms with Crippen molar-refractivity contribution in [2.24, 2.45) is 0 Å². The Morgan fingerprint density at radius 3 is 3.00 bits per heavy atom. The molecule has 56 valence electrons. The highest BCUT2D eigenvalue weighted by Crippen LogP contribution is 1.97. The van der Waals surface area contributed by atoms with Gasteiger partial charge in [-0.1, -0.05) is 0 Å². The van der Waals surface area contributed by atoms with Crippen molar-refractivity contribution >= 4 is 23.2 Å². The van der Waals surface area contributed by atoms with Crippen molar-refractivity contribution in [3.63, 3.8) is 0 Å². The van der Waals surface area contributed by atoms with E-state index in [0.29, 0.717) is 18.1 Å². The van der Waals surface area contributed by atoms with Gasteiger partial charge in [-0.3, -0.25) is 15.2 Å². The molecule has 0 atom stereocenters. The second-order valence-corrected chi connectivity index (χ2v) is 2.38. The maximum atomic E-state index is 10.6. The molecule has 0 radical (unpaired) electrons. The molecule has 1 heterocycles. The molecule has 1 aliphatic heterocycles. The standard InChI is InChI=1S/C5H9N3OS/c1-6-5(10)8-3-2-4(9)7-8/h2-3H2,1H3,(H,6,10)(H,7,9). The lowest BCUT2D eigenvalue weighted by atomic mass is 10.4. The molecule has 0 bridgehead atoms. The van der Waals surface area contributed by atoms with Gasteiger partial charge in [-0.2, -0.15) is 0 Å². The maximum Gasteiger partial charge on any atom is 0.240 e. The van der Waals surface area contributed by atoms with E-state index in [-0.39, 0.29) is 5.91 Å². The normalized spacial score (nSPS) is 16.9. The van der Waals surface area contributed by atoms with Gasteiger partial charge in [0.1, 0.15) is 0 Å². The van der Waals surface area contributed by atoms with E-state index < -0.39 is 0 Å². The molecule has 0 aromatic carbocycles. The molecule has 0 unspecified atom stereocenters. The van der Waals surface area contributed by atoms with E-state index in [0.717, 1.165) is 0 Å². The quantitative estimate of drug-likeness (QED) is 0.455. The van der Waals surface area contributed by atoms with Crippen molar-refractivity contribution in [2.45, 2.75) is 6.42 Å². The van der Waals surface area contributed by atoms with Crippen LogP contribution < -0.4 is 10.7 Å². The lowest BCUT2D eigenvalue weighted by Gasteiger charge is -2.16. The molecule has 0 aromatic rings. The maximum absolute atomic E-state index is 10.6. The average molecular weight is 159 g/mol. The van der Waals surface area contributed by atoms with Crippen molar-refractivity contribution in [3.05, 3.63) is 0 Å². The molecule has 0 saturated carbocycles. The van der Waals surface area contributed by atoms with Gasteiger partial charge in [-0.05, 0) is 12.2 Å². The number of amides is 1. The van der Waals surface area contributed by atoms with E-state index in [1.807, 2.05) is 0 Å². The van der Waals surface area contributed by atoms with Gasteiger partial charge in [-0.25, -0.2) is 0 Å². The minimum absolute atomic E-state index is 0.0256. The van der Waals surface area contributed by atoms with E-state index in [4.69, 9.17) is 12.2 Å². The van der Waals surface area contributed by atoms with E-state index in [1.165, 1.54) is 0 Å². The summed E-state index contributed by atoms with van der Waals surface area (Å²) in [4.78, 5) is 10.6. The Morgan fingerprint density at radius 1 is 1.90 bits per heavy atom. The minimum Gasteiger partial charge on any atom is -0.364 e. The van der Waals surface area contributed by atoms with Crippen LogP contribution in [0.5, 0.6) is 0 Å². The first-order chi connectivity index (χ1) is 4.74. The SMILES string of the molecule is CNC(=S)N1CCC(=O)N1. The molecule has 1 rings (SSSR count). The zero-order valence-corrected chi connectivity index (χ0v) is 6.49. The van der Waals surface area contributed by atoms with Crippen LogP contribution in [0.3, 0.4) is 0 Å². The van der Waals surface area contributed by atoms with Crippen molar-refractivity contribution < 1.29 is 4.79 Å². The Hall–Kier alpha value is -0.840. The first-order valence-electron chi connectivity index (χ1n) is 3.03. The second kappa shape index (κ2) is 2.83. The summed E-state index contributed by atoms with van der Waals surface area (Å²) in [5.74, 6) is 0.0256. The zero-order valence-electron chi connectivity index (χ0n) is 5.68. The monoisotopic (exact) mass is 159 g/mol. The molecule has 10 heavy (non-hydrogen) atoms. The predicted molar refractivity (Wildman–Crippen MR) is 41.1 cm³/mol. The van der Waals surface area contributed by atoms with Crippen molar-refractivity contribution in [1.29, 1.82) is 0 Å². The first kappa shape index (κ1) is 7.27. The highest BCUT2D eigenvalue weighted by atomic mass is 32.1. The van der Waals surface area contributed by atoms with Crippen molar-refractivity contribution in [3.8, 4) is 0 Å². The van der Waals surface area contributed by atoms with Crippen LogP contribution in [0.2, 0.25) is 0 Å². The van der Waals surface area contributed by atoms with Gasteiger partial charge in [0, 0.05) is 13.5 Å². The lowest BCUT2D eigenvalue weighted by Crippen LogP contribution is -2.43. The third kappa shape index (κ3) is 1.36. The summed E-state index contributed by atoms with van der Waals surface area (Å²) in [6.07, 6.45) is 0.530. The molecule has 4 nitrogen and oxygen atoms in total. The summed E-state index contributed by atoms with van der Waals surface area (Å²) in [7, 11) is 1.73. The molecule has 0 spiro atoms. The Labute approximate surface area is 64.5 Å². The fraction of sp³-hybridized carbons (Fsp3) is 0.600. The van der Waals surface area contributed by atoms with Crippen LogP contribution in [0.25, 0.3) is 0 Å². The highest BCUT2D eigenvalue weighted by molar-refractivity contribution is 7.80. The molecule has 1 fully saturated rings. The van der Waals surface area contributed by atoms with Gasteiger partial charge in [-0.15, -0.1) is 0 Å². The molecule has 0 aromatic heterocycles. The van der Waals surface area contributed by atoms with E-state index in [1.54, 1.807) is 12.1 Å². The highest BCUT2D eigenvalue weighted by Gasteiger charge is 2.19. The summed E-state index contributed by atoms with van der Waals surface area (Å²) in [5.41, 5.74) is 2.60. The van der Waals surface area contributed by atoms with E-state index in [9.17, 15) is 4.79 Å². The van der Waals surface area contributed by atoms with Gasteiger partial charge >= 0.3 is 0 Å². The number of rotatable bonds is 0. The van der Waals surface area contributed by atoms with Crippen LogP contribution in [0, 0.1) is 0 Å². The van der Waals surface area contributed by atoms with Crippen molar-refractivity contribution in [2.75, 3.05) is 13.6 Å². The average Bonchev–Trinajstić information content (AvgIpc) is 2.34. The Morgan fingerprint density at radius 2 is 2.60 bits per heavy atom. The molecule has 0 aliphatic carbocycles. The van der Waals surface area contributed by atoms with Gasteiger partial charge in [0.2, 0.25) is 5.91 Å². The van der Waals surface area contributed by atoms with E-state index in [2.05, 4.69) is 10.7 Å². The number of hydrogen-bond acceptors (Lipinski definition) is 2. The lowest BCUT2D eigenvalue weighted by molar-refractivity contribution is -0.120. The molecule has 1 aliphatic rings. The fourth-order valence-corrected chi connectivity index (χ4v) is 0.900. The third-order valence-electron chi connectivity index (χ3n) is 1.28. The third-order valence-corrected chi connectivity index (χ3v) is 1.71. The predicted octanol–water partition coefficient (Wildman–Crippen LogP) is -0.772. The van der Waals surface area contributed by atoms with Gasteiger partial charge in [0.05, 0.1) is 6.54 Å². The summed E-state index contributed by atoms with van der Waals surface area (Å²) in [6, 6.07) is 0. The molecule has 1 saturated heterocycles. The number of carbonyl (C=O) groups excluding carboxylic acids is 1. The summed E-state index contributed by atoms with van der Waals surface area (Å²) < 4.78 is 0. The van der Waals surface area contributed by atoms with Crippen LogP contribution >= 0.6 is 12.2 Å². The smallest absolute Gasteiger partial charge is 0.240 e. The van der Waals surface area contributed by atoms with Crippen LogP contribution in [0.1, 0.15) is 6.42 Å². The number of thiocarbonyl (C=S) groups is 1. The van der Waals surface area contributed by atoms with Crippen LogP contribution in [-0.4, -0.2) is 29.6 Å². The number of carbonyl (C=O) groups is 1. The van der Waals surface area contributed by atoms with Crippen LogP contribution in [-0.2, 0) is 4.79 Å². The van der Waals surface area contributed by atoms with Gasteiger partial charge in [0.15, 0.2) is 5.11 Å². The fourth-order valence-electron chi connectivity index (χ4n) is 0.763. The topological polar surface area (TPSA) is 44.4 Å².